The fourth-order valence-electron chi connectivity index (χ4n) is 1.50. The van der Waals surface area contributed by atoms with E-state index in [1.807, 2.05) is 12.1 Å². The highest BCUT2D eigenvalue weighted by Gasteiger charge is 2.02. The standard InChI is InChI=1S/C12H19BrN2OS/c13-11-7-6-10(17-11)9-15-12(16)5-3-1-2-4-8-14/h6-7H,1-5,8-9,14H2,(H,15,16). The minimum absolute atomic E-state index is 0.141. The summed E-state index contributed by atoms with van der Waals surface area (Å²) in [6.07, 6.45) is 4.86. The van der Waals surface area contributed by atoms with E-state index >= 15 is 0 Å². The fraction of sp³-hybridized carbons (Fsp3) is 0.583. The lowest BCUT2D eigenvalue weighted by Crippen LogP contribution is -2.21. The van der Waals surface area contributed by atoms with Crippen LogP contribution in [0, 0.1) is 0 Å². The summed E-state index contributed by atoms with van der Waals surface area (Å²) in [6, 6.07) is 4.02. The van der Waals surface area contributed by atoms with Crippen LogP contribution in [0.2, 0.25) is 0 Å². The number of rotatable bonds is 8. The van der Waals surface area contributed by atoms with Gasteiger partial charge in [0.25, 0.3) is 0 Å². The molecule has 0 spiro atoms. The van der Waals surface area contributed by atoms with Crippen molar-refractivity contribution in [2.45, 2.75) is 38.6 Å². The van der Waals surface area contributed by atoms with Crippen molar-refractivity contribution in [2.24, 2.45) is 5.73 Å². The zero-order valence-electron chi connectivity index (χ0n) is 9.88. The highest BCUT2D eigenvalue weighted by Crippen LogP contribution is 2.21. The summed E-state index contributed by atoms with van der Waals surface area (Å²) < 4.78 is 1.10. The van der Waals surface area contributed by atoms with Gasteiger partial charge in [-0.1, -0.05) is 12.8 Å². The summed E-state index contributed by atoms with van der Waals surface area (Å²) in [6.45, 7) is 1.39. The monoisotopic (exact) mass is 318 g/mol. The van der Waals surface area contributed by atoms with E-state index in [1.165, 1.54) is 4.88 Å². The average Bonchev–Trinajstić information content (AvgIpc) is 2.72. The molecule has 1 aromatic heterocycles. The minimum Gasteiger partial charge on any atom is -0.351 e. The normalized spacial score (nSPS) is 10.5. The molecule has 0 aliphatic heterocycles. The molecular weight excluding hydrogens is 300 g/mol. The Morgan fingerprint density at radius 3 is 2.71 bits per heavy atom. The predicted octanol–water partition coefficient (Wildman–Crippen LogP) is 3.04. The molecule has 0 aliphatic carbocycles. The molecule has 3 nitrogen and oxygen atoms in total. The molecule has 0 radical (unpaired) electrons. The Hall–Kier alpha value is -0.390. The van der Waals surface area contributed by atoms with E-state index < -0.39 is 0 Å². The molecule has 3 N–H and O–H groups in total. The summed E-state index contributed by atoms with van der Waals surface area (Å²) in [5, 5.41) is 2.93. The number of amides is 1. The Balaban J connectivity index is 2.05. The fourth-order valence-corrected chi connectivity index (χ4v) is 2.93. The van der Waals surface area contributed by atoms with Crippen molar-refractivity contribution in [3.8, 4) is 0 Å². The largest absolute Gasteiger partial charge is 0.351 e. The van der Waals surface area contributed by atoms with Crippen molar-refractivity contribution in [3.05, 3.63) is 20.8 Å². The van der Waals surface area contributed by atoms with Gasteiger partial charge in [-0.05, 0) is 47.4 Å². The van der Waals surface area contributed by atoms with Gasteiger partial charge in [-0.15, -0.1) is 11.3 Å². The molecule has 1 amide bonds. The lowest BCUT2D eigenvalue weighted by molar-refractivity contribution is -0.121. The highest BCUT2D eigenvalue weighted by atomic mass is 79.9. The van der Waals surface area contributed by atoms with E-state index in [9.17, 15) is 4.79 Å². The zero-order chi connectivity index (χ0) is 12.5. The van der Waals surface area contributed by atoms with E-state index in [-0.39, 0.29) is 5.91 Å². The van der Waals surface area contributed by atoms with Crippen LogP contribution in [0.25, 0.3) is 0 Å². The van der Waals surface area contributed by atoms with Crippen molar-refractivity contribution in [1.82, 2.24) is 5.32 Å². The van der Waals surface area contributed by atoms with Crippen LogP contribution in [0.3, 0.4) is 0 Å². The summed E-state index contributed by atoms with van der Waals surface area (Å²) in [7, 11) is 0. The molecule has 0 saturated carbocycles. The molecule has 17 heavy (non-hydrogen) atoms. The molecule has 0 bridgehead atoms. The van der Waals surface area contributed by atoms with Gasteiger partial charge in [-0.25, -0.2) is 0 Å². The molecule has 1 aromatic rings. The molecular formula is C12H19BrN2OS. The Bertz CT molecular complexity index is 341. The Kier molecular flexibility index (Phi) is 7.48. The van der Waals surface area contributed by atoms with Gasteiger partial charge in [0.05, 0.1) is 10.3 Å². The van der Waals surface area contributed by atoms with Gasteiger partial charge >= 0.3 is 0 Å². The molecule has 1 heterocycles. The van der Waals surface area contributed by atoms with E-state index in [0.717, 1.165) is 36.0 Å². The molecule has 0 atom stereocenters. The van der Waals surface area contributed by atoms with Crippen LogP contribution in [0.5, 0.6) is 0 Å². The lowest BCUT2D eigenvalue weighted by atomic mass is 10.1. The molecule has 0 aliphatic rings. The van der Waals surface area contributed by atoms with Gasteiger partial charge in [0.15, 0.2) is 0 Å². The number of thiophene rings is 1. The number of unbranched alkanes of at least 4 members (excludes halogenated alkanes) is 3. The molecule has 0 fully saturated rings. The second-order valence-corrected chi connectivity index (χ2v) is 6.48. The molecule has 0 aromatic carbocycles. The topological polar surface area (TPSA) is 55.1 Å². The number of carbonyl (C=O) groups is 1. The first-order valence-electron chi connectivity index (χ1n) is 5.93. The Morgan fingerprint density at radius 1 is 1.29 bits per heavy atom. The van der Waals surface area contributed by atoms with E-state index in [0.29, 0.717) is 13.0 Å². The third kappa shape index (κ3) is 6.81. The summed E-state index contributed by atoms with van der Waals surface area (Å²) >= 11 is 5.05. The third-order valence-corrected chi connectivity index (χ3v) is 4.07. The molecule has 96 valence electrons. The van der Waals surface area contributed by atoms with Crippen molar-refractivity contribution in [1.29, 1.82) is 0 Å². The Morgan fingerprint density at radius 2 is 2.06 bits per heavy atom. The average molecular weight is 319 g/mol. The third-order valence-electron chi connectivity index (χ3n) is 2.45. The van der Waals surface area contributed by atoms with Crippen molar-refractivity contribution in [3.63, 3.8) is 0 Å². The summed E-state index contributed by atoms with van der Waals surface area (Å²) in [4.78, 5) is 12.7. The quantitative estimate of drug-likeness (QED) is 0.724. The van der Waals surface area contributed by atoms with Gasteiger partial charge in [-0.3, -0.25) is 4.79 Å². The molecule has 5 heteroatoms. The van der Waals surface area contributed by atoms with Gasteiger partial charge in [-0.2, -0.15) is 0 Å². The zero-order valence-corrected chi connectivity index (χ0v) is 12.3. The van der Waals surface area contributed by atoms with E-state index in [2.05, 4.69) is 21.2 Å². The van der Waals surface area contributed by atoms with Crippen LogP contribution in [0.4, 0.5) is 0 Å². The van der Waals surface area contributed by atoms with Crippen LogP contribution < -0.4 is 11.1 Å². The van der Waals surface area contributed by atoms with Crippen LogP contribution in [0.15, 0.2) is 15.9 Å². The van der Waals surface area contributed by atoms with Crippen LogP contribution in [-0.4, -0.2) is 12.5 Å². The van der Waals surface area contributed by atoms with Crippen molar-refractivity contribution >= 4 is 33.2 Å². The first-order chi connectivity index (χ1) is 8.22. The minimum atomic E-state index is 0.141. The number of carbonyl (C=O) groups excluding carboxylic acids is 1. The number of nitrogens with two attached hydrogens (primary N) is 1. The smallest absolute Gasteiger partial charge is 0.220 e. The molecule has 0 saturated heterocycles. The maximum absolute atomic E-state index is 11.5. The maximum Gasteiger partial charge on any atom is 0.220 e. The van der Waals surface area contributed by atoms with Crippen molar-refractivity contribution in [2.75, 3.05) is 6.54 Å². The van der Waals surface area contributed by atoms with Gasteiger partial charge < -0.3 is 11.1 Å². The number of hydrogen-bond donors (Lipinski definition) is 2. The molecule has 0 unspecified atom stereocenters. The van der Waals surface area contributed by atoms with Crippen LogP contribution >= 0.6 is 27.3 Å². The van der Waals surface area contributed by atoms with Gasteiger partial charge in [0.1, 0.15) is 0 Å². The predicted molar refractivity (Wildman–Crippen MR) is 76.0 cm³/mol. The molecule has 1 rings (SSSR count). The summed E-state index contributed by atoms with van der Waals surface area (Å²) in [5.74, 6) is 0.141. The lowest BCUT2D eigenvalue weighted by Gasteiger charge is -2.03. The van der Waals surface area contributed by atoms with Gasteiger partial charge in [0.2, 0.25) is 5.91 Å². The van der Waals surface area contributed by atoms with E-state index in [4.69, 9.17) is 5.73 Å². The second-order valence-electron chi connectivity index (χ2n) is 3.94. The first-order valence-corrected chi connectivity index (χ1v) is 7.54. The van der Waals surface area contributed by atoms with Crippen LogP contribution in [0.1, 0.15) is 37.0 Å². The highest BCUT2D eigenvalue weighted by molar-refractivity contribution is 9.11. The van der Waals surface area contributed by atoms with Crippen molar-refractivity contribution < 1.29 is 4.79 Å². The number of nitrogens with one attached hydrogen (secondary N) is 1. The maximum atomic E-state index is 11.5. The first kappa shape index (κ1) is 14.7. The van der Waals surface area contributed by atoms with Crippen LogP contribution in [-0.2, 0) is 11.3 Å². The van der Waals surface area contributed by atoms with Gasteiger partial charge in [0, 0.05) is 11.3 Å². The Labute approximate surface area is 115 Å². The second kappa shape index (κ2) is 8.66. The van der Waals surface area contributed by atoms with E-state index in [1.54, 1.807) is 11.3 Å². The summed E-state index contributed by atoms with van der Waals surface area (Å²) in [5.41, 5.74) is 5.40. The SMILES string of the molecule is NCCCCCCC(=O)NCc1ccc(Br)s1. The number of halogens is 1. The number of hydrogen-bond acceptors (Lipinski definition) is 3.